The average Bonchev–Trinajstić information content (AvgIpc) is 2.83. The first-order valence-corrected chi connectivity index (χ1v) is 11.4. The Labute approximate surface area is 180 Å². The van der Waals surface area contributed by atoms with E-state index in [1.165, 1.54) is 11.1 Å². The highest BCUT2D eigenvalue weighted by Crippen LogP contribution is 2.25. The SMILES string of the molecule is CC[C@@H](C)c1cccc(-c2cnc(N3CCN(CCN4CCOCC4)CC3)nc2)c1. The highest BCUT2D eigenvalue weighted by atomic mass is 16.5. The molecule has 1 atom stereocenters. The molecule has 1 aromatic carbocycles. The molecule has 162 valence electrons. The summed E-state index contributed by atoms with van der Waals surface area (Å²) in [5.74, 6) is 1.43. The normalized spacial score (nSPS) is 19.7. The van der Waals surface area contributed by atoms with Crippen molar-refractivity contribution >= 4 is 5.95 Å². The summed E-state index contributed by atoms with van der Waals surface area (Å²) in [5.41, 5.74) is 3.67. The van der Waals surface area contributed by atoms with Crippen molar-refractivity contribution in [3.8, 4) is 11.1 Å². The number of anilines is 1. The lowest BCUT2D eigenvalue weighted by Crippen LogP contribution is -2.49. The van der Waals surface area contributed by atoms with Crippen LogP contribution in [-0.4, -0.2) is 85.3 Å². The summed E-state index contributed by atoms with van der Waals surface area (Å²) >= 11 is 0. The third-order valence-electron chi connectivity index (χ3n) is 6.53. The summed E-state index contributed by atoms with van der Waals surface area (Å²) in [6.45, 7) is 14.8. The summed E-state index contributed by atoms with van der Waals surface area (Å²) in [6.07, 6.45) is 5.10. The van der Waals surface area contributed by atoms with E-state index < -0.39 is 0 Å². The van der Waals surface area contributed by atoms with Crippen molar-refractivity contribution in [2.45, 2.75) is 26.2 Å². The summed E-state index contributed by atoms with van der Waals surface area (Å²) in [6, 6.07) is 8.78. The molecular weight excluding hydrogens is 374 g/mol. The van der Waals surface area contributed by atoms with Crippen LogP contribution in [0, 0.1) is 0 Å². The van der Waals surface area contributed by atoms with Crippen LogP contribution in [0.25, 0.3) is 11.1 Å². The molecule has 0 amide bonds. The first kappa shape index (κ1) is 21.2. The van der Waals surface area contributed by atoms with E-state index in [0.717, 1.165) is 83.5 Å². The van der Waals surface area contributed by atoms with Crippen LogP contribution in [0.5, 0.6) is 0 Å². The lowest BCUT2D eigenvalue weighted by molar-refractivity contribution is 0.0331. The lowest BCUT2D eigenvalue weighted by Gasteiger charge is -2.36. The highest BCUT2D eigenvalue weighted by molar-refractivity contribution is 5.63. The van der Waals surface area contributed by atoms with Crippen molar-refractivity contribution in [3.05, 3.63) is 42.2 Å². The van der Waals surface area contributed by atoms with Crippen molar-refractivity contribution in [1.82, 2.24) is 19.8 Å². The van der Waals surface area contributed by atoms with E-state index in [9.17, 15) is 0 Å². The maximum Gasteiger partial charge on any atom is 0.225 e. The molecule has 2 saturated heterocycles. The first-order valence-electron chi connectivity index (χ1n) is 11.4. The van der Waals surface area contributed by atoms with Gasteiger partial charge in [-0.25, -0.2) is 9.97 Å². The number of piperazine rings is 1. The zero-order valence-electron chi connectivity index (χ0n) is 18.5. The van der Waals surface area contributed by atoms with Gasteiger partial charge in [-0.3, -0.25) is 9.80 Å². The van der Waals surface area contributed by atoms with Crippen LogP contribution in [0.4, 0.5) is 5.95 Å². The van der Waals surface area contributed by atoms with E-state index in [2.05, 4.69) is 52.8 Å². The van der Waals surface area contributed by atoms with Crippen LogP contribution in [0.2, 0.25) is 0 Å². The van der Waals surface area contributed by atoms with Gasteiger partial charge < -0.3 is 9.64 Å². The van der Waals surface area contributed by atoms with Gasteiger partial charge in [-0.15, -0.1) is 0 Å². The molecule has 0 radical (unpaired) electrons. The summed E-state index contributed by atoms with van der Waals surface area (Å²) in [7, 11) is 0. The number of aromatic nitrogens is 2. The standard InChI is InChI=1S/C24H35N5O/c1-3-20(2)21-5-4-6-22(17-21)23-18-25-24(26-19-23)29-11-9-27(10-12-29)7-8-28-13-15-30-16-14-28/h4-6,17-20H,3,7-16H2,1-2H3/t20-/m1/s1. The molecule has 2 aliphatic rings. The molecule has 1 aromatic heterocycles. The summed E-state index contributed by atoms with van der Waals surface area (Å²) in [4.78, 5) is 16.8. The average molecular weight is 410 g/mol. The van der Waals surface area contributed by atoms with Crippen LogP contribution >= 0.6 is 0 Å². The van der Waals surface area contributed by atoms with Crippen LogP contribution in [0.1, 0.15) is 31.7 Å². The topological polar surface area (TPSA) is 44.7 Å². The molecule has 6 heteroatoms. The molecule has 0 bridgehead atoms. The maximum atomic E-state index is 5.44. The van der Waals surface area contributed by atoms with Gasteiger partial charge in [-0.1, -0.05) is 38.1 Å². The number of hydrogen-bond acceptors (Lipinski definition) is 6. The van der Waals surface area contributed by atoms with Gasteiger partial charge in [0.25, 0.3) is 0 Å². The van der Waals surface area contributed by atoms with Crippen LogP contribution in [0.3, 0.4) is 0 Å². The largest absolute Gasteiger partial charge is 0.379 e. The molecule has 2 aromatic rings. The van der Waals surface area contributed by atoms with Gasteiger partial charge in [0, 0.05) is 70.3 Å². The van der Waals surface area contributed by atoms with Crippen molar-refractivity contribution in [1.29, 1.82) is 0 Å². The first-order chi connectivity index (χ1) is 14.7. The van der Waals surface area contributed by atoms with Crippen LogP contribution < -0.4 is 4.90 Å². The zero-order chi connectivity index (χ0) is 20.8. The second-order valence-electron chi connectivity index (χ2n) is 8.49. The highest BCUT2D eigenvalue weighted by Gasteiger charge is 2.20. The zero-order valence-corrected chi connectivity index (χ0v) is 18.5. The Hall–Kier alpha value is -2.02. The molecular formula is C24H35N5O. The molecule has 0 aliphatic carbocycles. The van der Waals surface area contributed by atoms with E-state index in [1.807, 2.05) is 12.4 Å². The minimum absolute atomic E-state index is 0.574. The number of morpholine rings is 1. The predicted octanol–water partition coefficient (Wildman–Crippen LogP) is 3.11. The van der Waals surface area contributed by atoms with E-state index in [-0.39, 0.29) is 0 Å². The molecule has 0 N–H and O–H groups in total. The van der Waals surface area contributed by atoms with E-state index >= 15 is 0 Å². The van der Waals surface area contributed by atoms with Gasteiger partial charge in [0.05, 0.1) is 13.2 Å². The van der Waals surface area contributed by atoms with Gasteiger partial charge in [0.2, 0.25) is 5.95 Å². The number of benzene rings is 1. The fourth-order valence-corrected chi connectivity index (χ4v) is 4.17. The third kappa shape index (κ3) is 5.36. The van der Waals surface area contributed by atoms with Crippen LogP contribution in [-0.2, 0) is 4.74 Å². The van der Waals surface area contributed by atoms with Gasteiger partial charge >= 0.3 is 0 Å². The molecule has 2 fully saturated rings. The second-order valence-corrected chi connectivity index (χ2v) is 8.49. The Bertz CT molecular complexity index is 782. The Balaban J connectivity index is 1.30. The van der Waals surface area contributed by atoms with Gasteiger partial charge in [0.1, 0.15) is 0 Å². The number of hydrogen-bond donors (Lipinski definition) is 0. The quantitative estimate of drug-likeness (QED) is 0.700. The summed E-state index contributed by atoms with van der Waals surface area (Å²) < 4.78 is 5.44. The minimum atomic E-state index is 0.574. The summed E-state index contributed by atoms with van der Waals surface area (Å²) in [5, 5.41) is 0. The Morgan fingerprint density at radius 3 is 2.23 bits per heavy atom. The molecule has 0 saturated carbocycles. The third-order valence-corrected chi connectivity index (χ3v) is 6.53. The Morgan fingerprint density at radius 2 is 1.57 bits per heavy atom. The fraction of sp³-hybridized carbons (Fsp3) is 0.583. The van der Waals surface area contributed by atoms with Gasteiger partial charge in [-0.2, -0.15) is 0 Å². The Kier molecular flexibility index (Phi) is 7.31. The monoisotopic (exact) mass is 409 g/mol. The molecule has 0 unspecified atom stereocenters. The molecule has 2 aliphatic heterocycles. The smallest absolute Gasteiger partial charge is 0.225 e. The van der Waals surface area contributed by atoms with E-state index in [1.54, 1.807) is 0 Å². The Morgan fingerprint density at radius 1 is 0.900 bits per heavy atom. The van der Waals surface area contributed by atoms with Crippen molar-refractivity contribution in [3.63, 3.8) is 0 Å². The van der Waals surface area contributed by atoms with E-state index in [0.29, 0.717) is 5.92 Å². The number of nitrogens with zero attached hydrogens (tertiary/aromatic N) is 5. The number of ether oxygens (including phenoxy) is 1. The predicted molar refractivity (Wildman–Crippen MR) is 122 cm³/mol. The van der Waals surface area contributed by atoms with Crippen LogP contribution in [0.15, 0.2) is 36.7 Å². The molecule has 4 rings (SSSR count). The minimum Gasteiger partial charge on any atom is -0.379 e. The molecule has 30 heavy (non-hydrogen) atoms. The lowest BCUT2D eigenvalue weighted by atomic mass is 9.95. The van der Waals surface area contributed by atoms with Gasteiger partial charge in [-0.05, 0) is 23.5 Å². The maximum absolute atomic E-state index is 5.44. The molecule has 3 heterocycles. The van der Waals surface area contributed by atoms with Gasteiger partial charge in [0.15, 0.2) is 0 Å². The molecule has 6 nitrogen and oxygen atoms in total. The van der Waals surface area contributed by atoms with E-state index in [4.69, 9.17) is 14.7 Å². The fourth-order valence-electron chi connectivity index (χ4n) is 4.17. The molecule has 0 spiro atoms. The van der Waals surface area contributed by atoms with Crippen molar-refractivity contribution < 1.29 is 4.74 Å². The second kappa shape index (κ2) is 10.3. The van der Waals surface area contributed by atoms with Crippen molar-refractivity contribution in [2.75, 3.05) is 70.5 Å². The van der Waals surface area contributed by atoms with Crippen molar-refractivity contribution in [2.24, 2.45) is 0 Å². The number of rotatable bonds is 7.